The smallest absolute Gasteiger partial charge is 0.286 e. The predicted molar refractivity (Wildman–Crippen MR) is 111 cm³/mol. The molecule has 0 radical (unpaired) electrons. The van der Waals surface area contributed by atoms with Crippen LogP contribution in [0.25, 0.3) is 0 Å². The number of hydrogen-bond donors (Lipinski definition) is 2. The number of carbonyl (C=O) groups excluding carboxylic acids is 2. The second-order valence-corrected chi connectivity index (χ2v) is 7.96. The molecule has 0 bridgehead atoms. The fraction of sp³-hybridized carbons (Fsp3) is 0.478. The molecule has 1 aliphatic heterocycles. The molecular formula is C23H28N2O5. The number of hydrogen-bond acceptors (Lipinski definition) is 5. The maximum absolute atomic E-state index is 12.4. The minimum atomic E-state index is -0.260. The van der Waals surface area contributed by atoms with Gasteiger partial charge in [-0.25, -0.2) is 0 Å². The number of furan rings is 1. The summed E-state index contributed by atoms with van der Waals surface area (Å²) in [5.41, 5.74) is 1.15. The van der Waals surface area contributed by atoms with Crippen LogP contribution in [-0.4, -0.2) is 38.1 Å². The molecule has 2 N–H and O–H groups in total. The van der Waals surface area contributed by atoms with Gasteiger partial charge >= 0.3 is 0 Å². The van der Waals surface area contributed by atoms with Crippen LogP contribution in [0.4, 0.5) is 0 Å². The van der Waals surface area contributed by atoms with Gasteiger partial charge in [-0.15, -0.1) is 0 Å². The fourth-order valence-electron chi connectivity index (χ4n) is 4.29. The van der Waals surface area contributed by atoms with E-state index >= 15 is 0 Å². The average molecular weight is 412 g/mol. The topological polar surface area (TPSA) is 89.8 Å². The second kappa shape index (κ2) is 9.24. The van der Waals surface area contributed by atoms with Gasteiger partial charge in [-0.2, -0.15) is 0 Å². The second-order valence-electron chi connectivity index (χ2n) is 7.96. The van der Waals surface area contributed by atoms with E-state index in [4.69, 9.17) is 13.9 Å². The summed E-state index contributed by atoms with van der Waals surface area (Å²) < 4.78 is 16.4. The van der Waals surface area contributed by atoms with Crippen molar-refractivity contribution in [2.45, 2.75) is 43.9 Å². The van der Waals surface area contributed by atoms with E-state index in [9.17, 15) is 9.59 Å². The third-order valence-electron chi connectivity index (χ3n) is 5.95. The molecule has 1 aliphatic carbocycles. The van der Waals surface area contributed by atoms with Crippen LogP contribution in [0.1, 0.15) is 54.6 Å². The SMILES string of the molecule is O=C(CCCNC(=O)c1ccco1)NCC1(c2ccc3c(c2)OCCO3)CCCC1. The van der Waals surface area contributed by atoms with Gasteiger partial charge in [0, 0.05) is 24.9 Å². The summed E-state index contributed by atoms with van der Waals surface area (Å²) in [5, 5.41) is 5.88. The number of benzene rings is 1. The zero-order valence-electron chi connectivity index (χ0n) is 17.1. The number of carbonyl (C=O) groups is 2. The quantitative estimate of drug-likeness (QED) is 0.650. The van der Waals surface area contributed by atoms with Gasteiger partial charge in [0.05, 0.1) is 6.26 Å². The van der Waals surface area contributed by atoms with Crippen molar-refractivity contribution in [1.29, 1.82) is 0 Å². The summed E-state index contributed by atoms with van der Waals surface area (Å²) >= 11 is 0. The minimum absolute atomic E-state index is 0.00562. The van der Waals surface area contributed by atoms with Crippen LogP contribution in [0.15, 0.2) is 41.0 Å². The highest BCUT2D eigenvalue weighted by Crippen LogP contribution is 2.43. The normalized spacial score (nSPS) is 16.8. The molecule has 160 valence electrons. The van der Waals surface area contributed by atoms with Crippen molar-refractivity contribution in [3.05, 3.63) is 47.9 Å². The molecule has 2 aromatic rings. The molecule has 0 saturated heterocycles. The highest BCUT2D eigenvalue weighted by Gasteiger charge is 2.36. The van der Waals surface area contributed by atoms with Gasteiger partial charge in [-0.1, -0.05) is 18.9 Å². The van der Waals surface area contributed by atoms with E-state index in [0.29, 0.717) is 39.1 Å². The molecule has 0 atom stereocenters. The van der Waals surface area contributed by atoms with Crippen LogP contribution >= 0.6 is 0 Å². The zero-order valence-corrected chi connectivity index (χ0v) is 17.1. The van der Waals surface area contributed by atoms with E-state index in [1.807, 2.05) is 6.07 Å². The van der Waals surface area contributed by atoms with Gasteiger partial charge < -0.3 is 24.5 Å². The first kappa shape index (κ1) is 20.3. The average Bonchev–Trinajstić information content (AvgIpc) is 3.48. The van der Waals surface area contributed by atoms with E-state index < -0.39 is 0 Å². The molecule has 0 spiro atoms. The highest BCUT2D eigenvalue weighted by molar-refractivity contribution is 5.91. The Labute approximate surface area is 176 Å². The lowest BCUT2D eigenvalue weighted by Gasteiger charge is -2.31. The lowest BCUT2D eigenvalue weighted by Crippen LogP contribution is -2.39. The summed E-state index contributed by atoms with van der Waals surface area (Å²) in [6.07, 6.45) is 6.82. The molecule has 2 aliphatic rings. The minimum Gasteiger partial charge on any atom is -0.486 e. The van der Waals surface area contributed by atoms with Crippen LogP contribution in [-0.2, 0) is 10.2 Å². The first-order valence-electron chi connectivity index (χ1n) is 10.6. The van der Waals surface area contributed by atoms with Crippen LogP contribution < -0.4 is 20.1 Å². The van der Waals surface area contributed by atoms with Crippen molar-refractivity contribution in [3.8, 4) is 11.5 Å². The largest absolute Gasteiger partial charge is 0.486 e. The molecule has 4 rings (SSSR count). The summed E-state index contributed by atoms with van der Waals surface area (Å²) in [5.74, 6) is 1.61. The number of ether oxygens (including phenoxy) is 2. The lowest BCUT2D eigenvalue weighted by molar-refractivity contribution is -0.121. The van der Waals surface area contributed by atoms with Crippen molar-refractivity contribution in [2.75, 3.05) is 26.3 Å². The van der Waals surface area contributed by atoms with E-state index in [-0.39, 0.29) is 23.0 Å². The summed E-state index contributed by atoms with van der Waals surface area (Å²) in [7, 11) is 0. The Morgan fingerprint density at radius 3 is 2.57 bits per heavy atom. The molecule has 7 nitrogen and oxygen atoms in total. The van der Waals surface area contributed by atoms with Gasteiger partial charge in [0.15, 0.2) is 17.3 Å². The van der Waals surface area contributed by atoms with Crippen LogP contribution in [0.2, 0.25) is 0 Å². The standard InChI is InChI=1S/C23H28N2O5/c26-21(6-3-11-24-22(27)19-5-4-12-28-19)25-16-23(9-1-2-10-23)17-7-8-18-20(15-17)30-14-13-29-18/h4-5,7-8,12,15H,1-3,6,9-11,13-14,16H2,(H,24,27)(H,25,26). The molecule has 2 heterocycles. The summed E-state index contributed by atoms with van der Waals surface area (Å²) in [4.78, 5) is 24.2. The monoisotopic (exact) mass is 412 g/mol. The maximum atomic E-state index is 12.4. The molecule has 2 amide bonds. The Hall–Kier alpha value is -2.96. The number of amides is 2. The van der Waals surface area contributed by atoms with Crippen molar-refractivity contribution >= 4 is 11.8 Å². The molecule has 1 aromatic carbocycles. The maximum Gasteiger partial charge on any atom is 0.286 e. The van der Waals surface area contributed by atoms with Gasteiger partial charge in [0.2, 0.25) is 5.91 Å². The Bertz CT molecular complexity index is 872. The Morgan fingerprint density at radius 1 is 1.00 bits per heavy atom. The summed E-state index contributed by atoms with van der Waals surface area (Å²) in [6.45, 7) is 2.19. The lowest BCUT2D eigenvalue weighted by atomic mass is 9.78. The third-order valence-corrected chi connectivity index (χ3v) is 5.95. The summed E-state index contributed by atoms with van der Waals surface area (Å²) in [6, 6.07) is 9.45. The number of fused-ring (bicyclic) bond motifs is 1. The van der Waals surface area contributed by atoms with E-state index in [1.54, 1.807) is 12.1 Å². The number of rotatable bonds is 8. The van der Waals surface area contributed by atoms with E-state index in [1.165, 1.54) is 11.8 Å². The fourth-order valence-corrected chi connectivity index (χ4v) is 4.29. The van der Waals surface area contributed by atoms with Crippen molar-refractivity contribution in [1.82, 2.24) is 10.6 Å². The number of nitrogens with one attached hydrogen (secondary N) is 2. The molecule has 7 heteroatoms. The van der Waals surface area contributed by atoms with E-state index in [0.717, 1.165) is 37.2 Å². The highest BCUT2D eigenvalue weighted by atomic mass is 16.6. The van der Waals surface area contributed by atoms with Gasteiger partial charge in [0.25, 0.3) is 5.91 Å². The van der Waals surface area contributed by atoms with Gasteiger partial charge in [-0.05, 0) is 49.1 Å². The van der Waals surface area contributed by atoms with Crippen LogP contribution in [0.5, 0.6) is 11.5 Å². The zero-order chi connectivity index (χ0) is 20.8. The Morgan fingerprint density at radius 2 is 1.80 bits per heavy atom. The Kier molecular flexibility index (Phi) is 6.26. The van der Waals surface area contributed by atoms with E-state index in [2.05, 4.69) is 22.8 Å². The molecule has 1 fully saturated rings. The molecule has 30 heavy (non-hydrogen) atoms. The first-order chi connectivity index (χ1) is 14.7. The third kappa shape index (κ3) is 4.61. The van der Waals surface area contributed by atoms with Crippen LogP contribution in [0.3, 0.4) is 0 Å². The molecule has 1 saturated carbocycles. The predicted octanol–water partition coefficient (Wildman–Crippen LogP) is 3.19. The molecular weight excluding hydrogens is 384 g/mol. The molecule has 0 unspecified atom stereocenters. The van der Waals surface area contributed by atoms with Gasteiger partial charge in [0.1, 0.15) is 13.2 Å². The Balaban J connectivity index is 1.27. The first-order valence-corrected chi connectivity index (χ1v) is 10.6. The van der Waals surface area contributed by atoms with Crippen molar-refractivity contribution < 1.29 is 23.5 Å². The van der Waals surface area contributed by atoms with Crippen LogP contribution in [0, 0.1) is 0 Å². The molecule has 1 aromatic heterocycles. The van der Waals surface area contributed by atoms with Crippen molar-refractivity contribution in [3.63, 3.8) is 0 Å². The van der Waals surface area contributed by atoms with Gasteiger partial charge in [-0.3, -0.25) is 9.59 Å². The van der Waals surface area contributed by atoms with Crippen molar-refractivity contribution in [2.24, 2.45) is 0 Å².